The van der Waals surface area contributed by atoms with E-state index in [9.17, 15) is 4.79 Å². The normalized spacial score (nSPS) is 10.6. The topological polar surface area (TPSA) is 55.8 Å². The number of aliphatic carboxylic acids is 1. The minimum Gasteiger partial charge on any atom is -0.493 e. The number of rotatable bonds is 8. The molecule has 0 aliphatic heterocycles. The Morgan fingerprint density at radius 3 is 2.00 bits per heavy atom. The first-order valence-electron chi connectivity index (χ1n) is 7.73. The highest BCUT2D eigenvalue weighted by Gasteiger charge is 2.12. The molecule has 0 saturated carbocycles. The second-order valence-electron chi connectivity index (χ2n) is 5.71. The highest BCUT2D eigenvalue weighted by molar-refractivity contribution is 5.76. The highest BCUT2D eigenvalue weighted by Crippen LogP contribution is 2.36. The summed E-state index contributed by atoms with van der Waals surface area (Å²) in [6, 6.07) is 15.1. The maximum absolute atomic E-state index is 10.7. The lowest BCUT2D eigenvalue weighted by molar-refractivity contribution is -0.139. The van der Waals surface area contributed by atoms with Crippen LogP contribution < -0.4 is 9.47 Å². The molecule has 0 fully saturated rings. The van der Waals surface area contributed by atoms with Crippen LogP contribution in [-0.2, 0) is 4.79 Å². The second kappa shape index (κ2) is 8.22. The number of hydrogen-bond acceptors (Lipinski definition) is 3. The van der Waals surface area contributed by atoms with Gasteiger partial charge in [-0.3, -0.25) is 0 Å². The summed E-state index contributed by atoms with van der Waals surface area (Å²) >= 11 is 0. The summed E-state index contributed by atoms with van der Waals surface area (Å²) in [6.45, 7) is 4.59. The van der Waals surface area contributed by atoms with Crippen molar-refractivity contribution >= 4 is 5.97 Å². The van der Waals surface area contributed by atoms with E-state index in [4.69, 9.17) is 14.6 Å². The van der Waals surface area contributed by atoms with Crippen LogP contribution in [0.25, 0.3) is 11.1 Å². The Hall–Kier alpha value is -2.49. The second-order valence-corrected chi connectivity index (χ2v) is 5.71. The van der Waals surface area contributed by atoms with Crippen LogP contribution in [0.2, 0.25) is 0 Å². The Kier molecular flexibility index (Phi) is 6.03. The van der Waals surface area contributed by atoms with Gasteiger partial charge >= 0.3 is 5.97 Å². The fraction of sp³-hybridized carbons (Fsp3) is 0.316. The fourth-order valence-corrected chi connectivity index (χ4v) is 2.17. The van der Waals surface area contributed by atoms with Crippen molar-refractivity contribution in [3.05, 3.63) is 48.5 Å². The number of benzene rings is 2. The van der Waals surface area contributed by atoms with Crippen molar-refractivity contribution in [3.8, 4) is 22.6 Å². The van der Waals surface area contributed by atoms with Gasteiger partial charge in [-0.15, -0.1) is 0 Å². The molecular weight excluding hydrogens is 292 g/mol. The van der Waals surface area contributed by atoms with Gasteiger partial charge < -0.3 is 14.6 Å². The van der Waals surface area contributed by atoms with Crippen molar-refractivity contribution in [1.82, 2.24) is 0 Å². The van der Waals surface area contributed by atoms with Gasteiger partial charge in [0.1, 0.15) is 11.5 Å². The van der Waals surface area contributed by atoms with Crippen LogP contribution in [-0.4, -0.2) is 24.3 Å². The van der Waals surface area contributed by atoms with Crippen LogP contribution in [0.5, 0.6) is 11.5 Å². The smallest absolute Gasteiger partial charge is 0.341 e. The molecule has 1 N–H and O–H groups in total. The van der Waals surface area contributed by atoms with Gasteiger partial charge in [0, 0.05) is 11.1 Å². The molecule has 0 bridgehead atoms. The predicted molar refractivity (Wildman–Crippen MR) is 90.0 cm³/mol. The number of hydrogen-bond donors (Lipinski definition) is 1. The number of carbonyl (C=O) groups is 1. The molecule has 0 spiro atoms. The molecule has 0 amide bonds. The van der Waals surface area contributed by atoms with Gasteiger partial charge in [0.15, 0.2) is 6.61 Å². The van der Waals surface area contributed by atoms with E-state index in [2.05, 4.69) is 13.8 Å². The third kappa shape index (κ3) is 5.02. The van der Waals surface area contributed by atoms with Gasteiger partial charge in [-0.1, -0.05) is 50.2 Å². The predicted octanol–water partition coefficient (Wildman–Crippen LogP) is 4.24. The van der Waals surface area contributed by atoms with Crippen LogP contribution in [0, 0.1) is 5.92 Å². The Labute approximate surface area is 136 Å². The van der Waals surface area contributed by atoms with Gasteiger partial charge in [0.05, 0.1) is 6.61 Å². The van der Waals surface area contributed by atoms with E-state index >= 15 is 0 Å². The van der Waals surface area contributed by atoms with E-state index < -0.39 is 5.97 Å². The van der Waals surface area contributed by atoms with E-state index in [-0.39, 0.29) is 6.61 Å². The van der Waals surface area contributed by atoms with Crippen molar-refractivity contribution in [2.75, 3.05) is 13.2 Å². The fourth-order valence-electron chi connectivity index (χ4n) is 2.17. The molecule has 0 radical (unpaired) electrons. The van der Waals surface area contributed by atoms with Crippen LogP contribution in [0.4, 0.5) is 0 Å². The molecule has 2 aromatic carbocycles. The van der Waals surface area contributed by atoms with E-state index in [1.54, 1.807) is 6.07 Å². The van der Waals surface area contributed by atoms with Gasteiger partial charge in [-0.05, 0) is 24.5 Å². The van der Waals surface area contributed by atoms with Crippen LogP contribution >= 0.6 is 0 Å². The maximum atomic E-state index is 10.7. The monoisotopic (exact) mass is 314 g/mol. The lowest BCUT2D eigenvalue weighted by atomic mass is 10.0. The first kappa shape index (κ1) is 16.9. The Morgan fingerprint density at radius 1 is 0.957 bits per heavy atom. The Bertz CT molecular complexity index is 649. The largest absolute Gasteiger partial charge is 0.493 e. The number of para-hydroxylation sites is 2. The van der Waals surface area contributed by atoms with Crippen molar-refractivity contribution < 1.29 is 19.4 Å². The van der Waals surface area contributed by atoms with E-state index in [0.717, 1.165) is 23.3 Å². The van der Waals surface area contributed by atoms with Gasteiger partial charge in [0.25, 0.3) is 0 Å². The third-order valence-corrected chi connectivity index (χ3v) is 3.37. The zero-order chi connectivity index (χ0) is 16.7. The summed E-state index contributed by atoms with van der Waals surface area (Å²) in [5.74, 6) is 0.893. The molecule has 0 aliphatic rings. The molecule has 0 atom stereocenters. The Morgan fingerprint density at radius 2 is 1.48 bits per heavy atom. The summed E-state index contributed by atoms with van der Waals surface area (Å²) in [6.07, 6.45) is 0.978. The molecule has 0 saturated heterocycles. The average molecular weight is 314 g/mol. The lowest BCUT2D eigenvalue weighted by Gasteiger charge is -2.15. The quantitative estimate of drug-likeness (QED) is 0.791. The minimum absolute atomic E-state index is 0.368. The van der Waals surface area contributed by atoms with E-state index in [1.807, 2.05) is 42.5 Å². The zero-order valence-electron chi connectivity index (χ0n) is 13.5. The van der Waals surface area contributed by atoms with Crippen molar-refractivity contribution in [1.29, 1.82) is 0 Å². The van der Waals surface area contributed by atoms with Crippen LogP contribution in [0.15, 0.2) is 48.5 Å². The van der Waals surface area contributed by atoms with Gasteiger partial charge in [-0.25, -0.2) is 4.79 Å². The van der Waals surface area contributed by atoms with E-state index in [0.29, 0.717) is 18.3 Å². The minimum atomic E-state index is -0.999. The SMILES string of the molecule is CC(C)CCOc1ccccc1-c1ccccc1OCC(=O)O. The van der Waals surface area contributed by atoms with Gasteiger partial charge in [-0.2, -0.15) is 0 Å². The summed E-state index contributed by atoms with van der Waals surface area (Å²) in [5.41, 5.74) is 1.73. The summed E-state index contributed by atoms with van der Waals surface area (Å²) in [5, 5.41) is 8.81. The van der Waals surface area contributed by atoms with Crippen molar-refractivity contribution in [2.24, 2.45) is 5.92 Å². The first-order chi connectivity index (χ1) is 11.1. The van der Waals surface area contributed by atoms with E-state index in [1.165, 1.54) is 0 Å². The van der Waals surface area contributed by atoms with Crippen LogP contribution in [0.1, 0.15) is 20.3 Å². The summed E-state index contributed by atoms with van der Waals surface area (Å²) in [4.78, 5) is 10.7. The molecule has 4 nitrogen and oxygen atoms in total. The number of ether oxygens (including phenoxy) is 2. The lowest BCUT2D eigenvalue weighted by Crippen LogP contribution is -2.10. The molecule has 2 aromatic rings. The average Bonchev–Trinajstić information content (AvgIpc) is 2.53. The number of carboxylic acid groups (broad SMARTS) is 1. The molecule has 0 unspecified atom stereocenters. The molecule has 23 heavy (non-hydrogen) atoms. The Balaban J connectivity index is 2.26. The highest BCUT2D eigenvalue weighted by atomic mass is 16.5. The van der Waals surface area contributed by atoms with Crippen molar-refractivity contribution in [3.63, 3.8) is 0 Å². The molecule has 122 valence electrons. The molecule has 2 rings (SSSR count). The molecule has 0 aliphatic carbocycles. The summed E-state index contributed by atoms with van der Waals surface area (Å²) < 4.78 is 11.3. The van der Waals surface area contributed by atoms with Gasteiger partial charge in [0.2, 0.25) is 0 Å². The first-order valence-corrected chi connectivity index (χ1v) is 7.73. The zero-order valence-corrected chi connectivity index (χ0v) is 13.5. The summed E-state index contributed by atoms with van der Waals surface area (Å²) in [7, 11) is 0. The van der Waals surface area contributed by atoms with Crippen LogP contribution in [0.3, 0.4) is 0 Å². The van der Waals surface area contributed by atoms with Crippen molar-refractivity contribution in [2.45, 2.75) is 20.3 Å². The standard InChI is InChI=1S/C19H22O4/c1-14(2)11-12-22-17-9-5-3-7-15(17)16-8-4-6-10-18(16)23-13-19(20)21/h3-10,14H,11-13H2,1-2H3,(H,20,21). The molecule has 0 aromatic heterocycles. The third-order valence-electron chi connectivity index (χ3n) is 3.37. The molecule has 4 heteroatoms. The maximum Gasteiger partial charge on any atom is 0.341 e. The number of carboxylic acids is 1. The molecular formula is C19H22O4. The molecule has 0 heterocycles.